The van der Waals surface area contributed by atoms with Crippen LogP contribution in [0.2, 0.25) is 0 Å². The Kier molecular flexibility index (Phi) is 3.16. The second kappa shape index (κ2) is 4.96. The van der Waals surface area contributed by atoms with Crippen molar-refractivity contribution in [3.8, 4) is 5.75 Å². The maximum Gasteiger partial charge on any atom is 0.115 e. The Bertz CT molecular complexity index is 562. The molecule has 98 valence electrons. The molecule has 0 bridgehead atoms. The molecule has 1 aliphatic rings. The third-order valence-electron chi connectivity index (χ3n) is 3.95. The number of phenols is 1. The first-order chi connectivity index (χ1) is 9.24. The number of fused-ring (bicyclic) bond motifs is 1. The van der Waals surface area contributed by atoms with Crippen molar-refractivity contribution in [3.63, 3.8) is 0 Å². The highest BCUT2D eigenvalue weighted by Crippen LogP contribution is 2.31. The zero-order chi connectivity index (χ0) is 13.2. The summed E-state index contributed by atoms with van der Waals surface area (Å²) >= 11 is 0. The van der Waals surface area contributed by atoms with Gasteiger partial charge in [-0.2, -0.15) is 0 Å². The molecule has 2 aromatic carbocycles. The molecule has 1 unspecified atom stereocenters. The van der Waals surface area contributed by atoms with Gasteiger partial charge in [-0.25, -0.2) is 0 Å². The van der Waals surface area contributed by atoms with Crippen LogP contribution in [0, 0.1) is 0 Å². The van der Waals surface area contributed by atoms with Gasteiger partial charge in [-0.3, -0.25) is 0 Å². The van der Waals surface area contributed by atoms with Gasteiger partial charge in [-0.1, -0.05) is 30.3 Å². The fourth-order valence-corrected chi connectivity index (χ4v) is 2.80. The fraction of sp³-hybridized carbons (Fsp3) is 0.294. The molecule has 0 radical (unpaired) electrons. The van der Waals surface area contributed by atoms with E-state index in [9.17, 15) is 5.11 Å². The summed E-state index contributed by atoms with van der Waals surface area (Å²) in [5.74, 6) is 0.329. The van der Waals surface area contributed by atoms with Crippen molar-refractivity contribution in [3.05, 3.63) is 59.7 Å². The monoisotopic (exact) mass is 253 g/mol. The van der Waals surface area contributed by atoms with Crippen LogP contribution in [0.5, 0.6) is 5.75 Å². The van der Waals surface area contributed by atoms with Crippen molar-refractivity contribution in [2.24, 2.45) is 0 Å². The van der Waals surface area contributed by atoms with E-state index in [1.54, 1.807) is 12.1 Å². The second-order valence-corrected chi connectivity index (χ2v) is 5.31. The molecule has 2 aromatic rings. The molecule has 2 nitrogen and oxygen atoms in total. The molecule has 0 saturated heterocycles. The Labute approximate surface area is 114 Å². The first-order valence-electron chi connectivity index (χ1n) is 6.86. The quantitative estimate of drug-likeness (QED) is 0.881. The van der Waals surface area contributed by atoms with Gasteiger partial charge in [-0.05, 0) is 49.1 Å². The maximum absolute atomic E-state index is 9.36. The summed E-state index contributed by atoms with van der Waals surface area (Å²) < 4.78 is 0. The highest BCUT2D eigenvalue weighted by molar-refractivity contribution is 5.56. The number of anilines is 1. The number of hydrogen-bond acceptors (Lipinski definition) is 2. The molecular formula is C17H19NO. The molecule has 1 atom stereocenters. The lowest BCUT2D eigenvalue weighted by Crippen LogP contribution is -2.36. The van der Waals surface area contributed by atoms with Gasteiger partial charge in [0.25, 0.3) is 0 Å². The Morgan fingerprint density at radius 3 is 2.63 bits per heavy atom. The molecule has 1 N–H and O–H groups in total. The average molecular weight is 253 g/mol. The van der Waals surface area contributed by atoms with Crippen LogP contribution >= 0.6 is 0 Å². The summed E-state index contributed by atoms with van der Waals surface area (Å²) in [7, 11) is 0. The van der Waals surface area contributed by atoms with Gasteiger partial charge in [0, 0.05) is 18.3 Å². The molecule has 0 aliphatic carbocycles. The minimum Gasteiger partial charge on any atom is -0.508 e. The van der Waals surface area contributed by atoms with Crippen molar-refractivity contribution >= 4 is 5.69 Å². The van der Waals surface area contributed by atoms with E-state index in [-0.39, 0.29) is 0 Å². The molecule has 0 saturated carbocycles. The topological polar surface area (TPSA) is 23.5 Å². The number of hydrogen-bond donors (Lipinski definition) is 1. The zero-order valence-electron chi connectivity index (χ0n) is 11.2. The van der Waals surface area contributed by atoms with Gasteiger partial charge in [-0.15, -0.1) is 0 Å². The Morgan fingerprint density at radius 2 is 1.84 bits per heavy atom. The zero-order valence-corrected chi connectivity index (χ0v) is 11.2. The summed E-state index contributed by atoms with van der Waals surface area (Å²) in [6.07, 6.45) is 2.37. The minimum atomic E-state index is 0.329. The van der Waals surface area contributed by atoms with Crippen LogP contribution in [0.25, 0.3) is 0 Å². The first kappa shape index (κ1) is 12.1. The van der Waals surface area contributed by atoms with Crippen LogP contribution in [0.4, 0.5) is 5.69 Å². The number of phenolic OH excluding ortho intramolecular Hbond substituents is 1. The largest absolute Gasteiger partial charge is 0.508 e. The van der Waals surface area contributed by atoms with Crippen molar-refractivity contribution in [2.45, 2.75) is 32.4 Å². The summed E-state index contributed by atoms with van der Waals surface area (Å²) in [6, 6.07) is 16.7. The number of aryl methyl sites for hydroxylation is 1. The Morgan fingerprint density at radius 1 is 1.11 bits per heavy atom. The van der Waals surface area contributed by atoms with Gasteiger partial charge in [0.1, 0.15) is 5.75 Å². The molecule has 2 heteroatoms. The van der Waals surface area contributed by atoms with E-state index in [1.165, 1.54) is 29.7 Å². The van der Waals surface area contributed by atoms with Crippen LogP contribution in [-0.2, 0) is 13.0 Å². The van der Waals surface area contributed by atoms with E-state index in [0.29, 0.717) is 11.8 Å². The van der Waals surface area contributed by atoms with Crippen LogP contribution in [-0.4, -0.2) is 11.1 Å². The normalized spacial score (nSPS) is 18.2. The van der Waals surface area contributed by atoms with E-state index in [4.69, 9.17) is 0 Å². The molecule has 1 aliphatic heterocycles. The van der Waals surface area contributed by atoms with Crippen LogP contribution in [0.15, 0.2) is 48.5 Å². The van der Waals surface area contributed by atoms with Crippen molar-refractivity contribution in [1.82, 2.24) is 0 Å². The van der Waals surface area contributed by atoms with Crippen LogP contribution in [0.3, 0.4) is 0 Å². The molecule has 3 rings (SSSR count). The number of rotatable bonds is 2. The van der Waals surface area contributed by atoms with E-state index in [2.05, 4.69) is 36.1 Å². The van der Waals surface area contributed by atoms with Crippen LogP contribution < -0.4 is 4.90 Å². The summed E-state index contributed by atoms with van der Waals surface area (Å²) in [5, 5.41) is 9.36. The molecule has 0 fully saturated rings. The average Bonchev–Trinajstić information content (AvgIpc) is 2.44. The summed E-state index contributed by atoms with van der Waals surface area (Å²) in [4.78, 5) is 2.46. The van der Waals surface area contributed by atoms with Gasteiger partial charge < -0.3 is 10.0 Å². The molecule has 0 amide bonds. The van der Waals surface area contributed by atoms with Gasteiger partial charge in [0.2, 0.25) is 0 Å². The van der Waals surface area contributed by atoms with Crippen molar-refractivity contribution in [2.75, 3.05) is 4.90 Å². The fourth-order valence-electron chi connectivity index (χ4n) is 2.80. The molecule has 1 heterocycles. The van der Waals surface area contributed by atoms with Crippen molar-refractivity contribution < 1.29 is 5.11 Å². The lowest BCUT2D eigenvalue weighted by molar-refractivity contribution is 0.475. The summed E-state index contributed by atoms with van der Waals surface area (Å²) in [6.45, 7) is 3.19. The van der Waals surface area contributed by atoms with E-state index in [1.807, 2.05) is 12.1 Å². The SMILES string of the molecule is CC1CCc2ccccc2N1Cc1ccc(O)cc1. The molecule has 0 aromatic heterocycles. The van der Waals surface area contributed by atoms with E-state index in [0.717, 1.165) is 6.54 Å². The minimum absolute atomic E-state index is 0.329. The third-order valence-corrected chi connectivity index (χ3v) is 3.95. The number of benzene rings is 2. The predicted molar refractivity (Wildman–Crippen MR) is 78.5 cm³/mol. The van der Waals surface area contributed by atoms with Crippen LogP contribution in [0.1, 0.15) is 24.5 Å². The highest BCUT2D eigenvalue weighted by atomic mass is 16.3. The lowest BCUT2D eigenvalue weighted by atomic mass is 9.96. The lowest BCUT2D eigenvalue weighted by Gasteiger charge is -2.37. The summed E-state index contributed by atoms with van der Waals surface area (Å²) in [5.41, 5.74) is 4.04. The molecular weight excluding hydrogens is 234 g/mol. The Balaban J connectivity index is 1.89. The van der Waals surface area contributed by atoms with Gasteiger partial charge in [0.05, 0.1) is 0 Å². The van der Waals surface area contributed by atoms with Gasteiger partial charge in [0.15, 0.2) is 0 Å². The van der Waals surface area contributed by atoms with Gasteiger partial charge >= 0.3 is 0 Å². The number of para-hydroxylation sites is 1. The second-order valence-electron chi connectivity index (χ2n) is 5.31. The number of aromatic hydroxyl groups is 1. The van der Waals surface area contributed by atoms with E-state index >= 15 is 0 Å². The third kappa shape index (κ3) is 2.43. The number of nitrogens with zero attached hydrogens (tertiary/aromatic N) is 1. The predicted octanol–water partition coefficient (Wildman–Crippen LogP) is 3.73. The van der Waals surface area contributed by atoms with E-state index < -0.39 is 0 Å². The Hall–Kier alpha value is -1.96. The smallest absolute Gasteiger partial charge is 0.115 e. The van der Waals surface area contributed by atoms with Crippen molar-refractivity contribution in [1.29, 1.82) is 0 Å². The maximum atomic E-state index is 9.36. The standard InChI is InChI=1S/C17H19NO/c1-13-6-9-15-4-2-3-5-17(15)18(13)12-14-7-10-16(19)11-8-14/h2-5,7-8,10-11,13,19H,6,9,12H2,1H3. The first-order valence-corrected chi connectivity index (χ1v) is 6.86. The molecule has 0 spiro atoms. The molecule has 19 heavy (non-hydrogen) atoms. The highest BCUT2D eigenvalue weighted by Gasteiger charge is 2.22.